The second kappa shape index (κ2) is 5.67. The summed E-state index contributed by atoms with van der Waals surface area (Å²) in [7, 11) is 0. The molecule has 0 aliphatic carbocycles. The van der Waals surface area contributed by atoms with Crippen molar-refractivity contribution in [2.45, 2.75) is 18.6 Å². The van der Waals surface area contributed by atoms with E-state index in [0.29, 0.717) is 12.0 Å². The van der Waals surface area contributed by atoms with Crippen LogP contribution in [0.3, 0.4) is 0 Å². The van der Waals surface area contributed by atoms with Crippen LogP contribution in [0.4, 0.5) is 0 Å². The molecule has 3 rings (SSSR count). The van der Waals surface area contributed by atoms with Crippen molar-refractivity contribution in [1.29, 1.82) is 0 Å². The predicted molar refractivity (Wildman–Crippen MR) is 75.6 cm³/mol. The minimum atomic E-state index is 0.348. The molecule has 1 fully saturated rings. The minimum Gasteiger partial charge on any atom is -0.372 e. The van der Waals surface area contributed by atoms with Crippen LogP contribution in [0.5, 0.6) is 0 Å². The molecule has 0 radical (unpaired) electrons. The molecule has 0 bridgehead atoms. The number of ether oxygens (including phenoxy) is 1. The molecule has 16 heavy (non-hydrogen) atoms. The third-order valence-electron chi connectivity index (χ3n) is 3.12. The van der Waals surface area contributed by atoms with Gasteiger partial charge in [-0.1, -0.05) is 40.3 Å². The Labute approximate surface area is 115 Å². The van der Waals surface area contributed by atoms with Gasteiger partial charge in [-0.15, -0.1) is 0 Å². The highest BCUT2D eigenvalue weighted by molar-refractivity contribution is 14.1. The third-order valence-corrected chi connectivity index (χ3v) is 3.35. The van der Waals surface area contributed by atoms with Crippen LogP contribution in [0.15, 0.2) is 18.2 Å². The summed E-state index contributed by atoms with van der Waals surface area (Å²) < 4.78 is 5.76. The molecule has 4 heteroatoms. The standard InChI is InChI=1S/C11H12ClNO.CH3I/c12-8-2-1-7-6-14-11-5-13-4-10(11)9(7)3-8;1-2/h1-3,10-11,13H,4-6H2;1H3/t10-,11-;/m0./s1. The summed E-state index contributed by atoms with van der Waals surface area (Å²) in [5.74, 6) is 0.498. The molecule has 2 atom stereocenters. The van der Waals surface area contributed by atoms with E-state index in [0.717, 1.165) is 24.7 Å². The van der Waals surface area contributed by atoms with Crippen LogP contribution in [-0.2, 0) is 11.3 Å². The van der Waals surface area contributed by atoms with Crippen molar-refractivity contribution in [1.82, 2.24) is 5.32 Å². The average Bonchev–Trinajstić information content (AvgIpc) is 2.80. The maximum Gasteiger partial charge on any atom is 0.0784 e. The van der Waals surface area contributed by atoms with Crippen LogP contribution in [-0.4, -0.2) is 24.1 Å². The summed E-state index contributed by atoms with van der Waals surface area (Å²) in [6.45, 7) is 2.71. The molecule has 0 amide bonds. The number of halogens is 2. The van der Waals surface area contributed by atoms with E-state index < -0.39 is 0 Å². The van der Waals surface area contributed by atoms with Gasteiger partial charge in [0, 0.05) is 24.0 Å². The van der Waals surface area contributed by atoms with E-state index in [4.69, 9.17) is 16.3 Å². The Morgan fingerprint density at radius 3 is 3.00 bits per heavy atom. The van der Waals surface area contributed by atoms with Crippen molar-refractivity contribution in [3.8, 4) is 0 Å². The van der Waals surface area contributed by atoms with Crippen molar-refractivity contribution in [2.75, 3.05) is 18.0 Å². The highest BCUT2D eigenvalue weighted by Gasteiger charge is 2.34. The van der Waals surface area contributed by atoms with Crippen molar-refractivity contribution < 1.29 is 4.74 Å². The second-order valence-corrected chi connectivity index (χ2v) is 4.39. The van der Waals surface area contributed by atoms with Crippen molar-refractivity contribution in [2.24, 2.45) is 0 Å². The van der Waals surface area contributed by atoms with Gasteiger partial charge in [-0.05, 0) is 28.2 Å². The summed E-state index contributed by atoms with van der Waals surface area (Å²) in [5.41, 5.74) is 2.66. The molecule has 0 unspecified atom stereocenters. The summed E-state index contributed by atoms with van der Waals surface area (Å²) in [4.78, 5) is 1.97. The number of hydrogen-bond donors (Lipinski definition) is 1. The number of rotatable bonds is 0. The number of nitrogens with one attached hydrogen (secondary N) is 1. The summed E-state index contributed by atoms with van der Waals surface area (Å²) in [6.07, 6.45) is 0.348. The molecule has 1 aromatic rings. The highest BCUT2D eigenvalue weighted by Crippen LogP contribution is 2.34. The fraction of sp³-hybridized carbons (Fsp3) is 0.500. The molecule has 1 N–H and O–H groups in total. The van der Waals surface area contributed by atoms with Crippen LogP contribution in [0.1, 0.15) is 17.0 Å². The first-order valence-electron chi connectivity index (χ1n) is 5.33. The summed E-state index contributed by atoms with van der Waals surface area (Å²) >= 11 is 8.16. The zero-order chi connectivity index (χ0) is 11.5. The second-order valence-electron chi connectivity index (χ2n) is 3.96. The monoisotopic (exact) mass is 351 g/mol. The normalized spacial score (nSPS) is 26.4. The van der Waals surface area contributed by atoms with Gasteiger partial charge in [0.25, 0.3) is 0 Å². The quantitative estimate of drug-likeness (QED) is 0.573. The Hall–Kier alpha value is 0.160. The van der Waals surface area contributed by atoms with E-state index in [2.05, 4.69) is 40.0 Å². The zero-order valence-electron chi connectivity index (χ0n) is 9.17. The fourth-order valence-electron chi connectivity index (χ4n) is 2.38. The number of benzene rings is 1. The maximum atomic E-state index is 6.01. The molecular formula is C12H15ClINO. The lowest BCUT2D eigenvalue weighted by molar-refractivity contribution is 0.0299. The molecule has 0 spiro atoms. The first kappa shape index (κ1) is 12.6. The van der Waals surface area contributed by atoms with Gasteiger partial charge < -0.3 is 10.1 Å². The van der Waals surface area contributed by atoms with Gasteiger partial charge in [0.15, 0.2) is 0 Å². The van der Waals surface area contributed by atoms with Crippen molar-refractivity contribution in [3.63, 3.8) is 0 Å². The Morgan fingerprint density at radius 1 is 1.38 bits per heavy atom. The number of fused-ring (bicyclic) bond motifs is 3. The van der Waals surface area contributed by atoms with E-state index in [1.54, 1.807) is 0 Å². The zero-order valence-corrected chi connectivity index (χ0v) is 12.1. The maximum absolute atomic E-state index is 6.01. The molecule has 0 saturated carbocycles. The topological polar surface area (TPSA) is 21.3 Å². The third kappa shape index (κ3) is 2.37. The Bertz CT molecular complexity index is 372. The van der Waals surface area contributed by atoms with Crippen molar-refractivity contribution in [3.05, 3.63) is 34.3 Å². The van der Waals surface area contributed by atoms with E-state index in [1.807, 2.05) is 11.0 Å². The average molecular weight is 352 g/mol. The number of hydrogen-bond acceptors (Lipinski definition) is 2. The molecule has 1 aromatic carbocycles. The molecule has 2 aliphatic rings. The minimum absolute atomic E-state index is 0.348. The van der Waals surface area contributed by atoms with Gasteiger partial charge in [0.05, 0.1) is 12.7 Å². The Kier molecular flexibility index (Phi) is 4.47. The predicted octanol–water partition coefficient (Wildman–Crippen LogP) is 2.98. The molecule has 2 heterocycles. The van der Waals surface area contributed by atoms with Crippen LogP contribution in [0.2, 0.25) is 5.02 Å². The van der Waals surface area contributed by atoms with Crippen LogP contribution < -0.4 is 5.32 Å². The first-order chi connectivity index (χ1) is 7.84. The summed E-state index contributed by atoms with van der Waals surface area (Å²) in [6, 6.07) is 6.10. The van der Waals surface area contributed by atoms with Gasteiger partial charge in [-0.3, -0.25) is 0 Å². The lowest BCUT2D eigenvalue weighted by atomic mass is 9.90. The Morgan fingerprint density at radius 2 is 2.19 bits per heavy atom. The molecule has 2 aliphatic heterocycles. The number of alkyl halides is 1. The smallest absolute Gasteiger partial charge is 0.0784 e. The van der Waals surface area contributed by atoms with E-state index in [9.17, 15) is 0 Å². The lowest BCUT2D eigenvalue weighted by Gasteiger charge is -2.27. The molecule has 88 valence electrons. The SMILES string of the molecule is CI.Clc1ccc2c(c1)[C@@H]1CNC[C@@H]1OC2. The van der Waals surface area contributed by atoms with E-state index >= 15 is 0 Å². The van der Waals surface area contributed by atoms with Gasteiger partial charge in [-0.2, -0.15) is 0 Å². The van der Waals surface area contributed by atoms with Crippen LogP contribution in [0.25, 0.3) is 0 Å². The van der Waals surface area contributed by atoms with Crippen LogP contribution >= 0.6 is 34.2 Å². The summed E-state index contributed by atoms with van der Waals surface area (Å²) in [5, 5.41) is 4.19. The molecular weight excluding hydrogens is 336 g/mol. The largest absolute Gasteiger partial charge is 0.372 e. The molecule has 2 nitrogen and oxygen atoms in total. The lowest BCUT2D eigenvalue weighted by Crippen LogP contribution is -2.26. The first-order valence-corrected chi connectivity index (χ1v) is 7.86. The van der Waals surface area contributed by atoms with E-state index in [1.165, 1.54) is 11.1 Å². The van der Waals surface area contributed by atoms with E-state index in [-0.39, 0.29) is 0 Å². The molecule has 1 saturated heterocycles. The molecule has 0 aromatic heterocycles. The van der Waals surface area contributed by atoms with Gasteiger partial charge >= 0.3 is 0 Å². The Balaban J connectivity index is 0.000000457. The van der Waals surface area contributed by atoms with Gasteiger partial charge in [0.2, 0.25) is 0 Å². The van der Waals surface area contributed by atoms with Gasteiger partial charge in [-0.25, -0.2) is 0 Å². The highest BCUT2D eigenvalue weighted by atomic mass is 127. The van der Waals surface area contributed by atoms with Crippen molar-refractivity contribution >= 4 is 34.2 Å². The van der Waals surface area contributed by atoms with Gasteiger partial charge in [0.1, 0.15) is 0 Å². The fourth-order valence-corrected chi connectivity index (χ4v) is 2.56. The van der Waals surface area contributed by atoms with Crippen LogP contribution in [0, 0.1) is 0 Å².